The lowest BCUT2D eigenvalue weighted by molar-refractivity contribution is 0.535. The zero-order valence-electron chi connectivity index (χ0n) is 24.6. The number of rotatable bonds is 24. The van der Waals surface area contributed by atoms with Crippen LogP contribution in [-0.4, -0.2) is 9.97 Å². The topological polar surface area (TPSA) is 25.8 Å². The van der Waals surface area contributed by atoms with Crippen molar-refractivity contribution in [3.63, 3.8) is 0 Å². The van der Waals surface area contributed by atoms with Crippen molar-refractivity contribution in [1.29, 1.82) is 0 Å². The summed E-state index contributed by atoms with van der Waals surface area (Å²) >= 11 is 0. The molecule has 2 nitrogen and oxygen atoms in total. The van der Waals surface area contributed by atoms with E-state index in [1.165, 1.54) is 152 Å². The molecule has 0 aliphatic rings. The number of aryl methyl sites for hydroxylation is 2. The Hall–Kier alpha value is -1.70. The van der Waals surface area contributed by atoms with Gasteiger partial charge in [-0.1, -0.05) is 160 Å². The average molecular weight is 507 g/mol. The first-order valence-corrected chi connectivity index (χ1v) is 16.2. The molecule has 2 aromatic rings. The van der Waals surface area contributed by atoms with Crippen LogP contribution in [0, 0.1) is 0 Å². The van der Waals surface area contributed by atoms with E-state index in [9.17, 15) is 0 Å². The molecule has 2 rings (SSSR count). The van der Waals surface area contributed by atoms with Crippen LogP contribution in [0.3, 0.4) is 0 Å². The van der Waals surface area contributed by atoms with E-state index in [-0.39, 0.29) is 0 Å². The van der Waals surface area contributed by atoms with E-state index in [0.29, 0.717) is 0 Å². The Morgan fingerprint density at radius 2 is 0.757 bits per heavy atom. The van der Waals surface area contributed by atoms with Gasteiger partial charge in [0.05, 0.1) is 0 Å². The highest BCUT2D eigenvalue weighted by atomic mass is 14.9. The molecular formula is C35H58N2. The van der Waals surface area contributed by atoms with Crippen LogP contribution in [-0.2, 0) is 12.8 Å². The summed E-state index contributed by atoms with van der Waals surface area (Å²) < 4.78 is 0. The first kappa shape index (κ1) is 31.5. The molecule has 1 aromatic heterocycles. The van der Waals surface area contributed by atoms with Gasteiger partial charge in [-0.15, -0.1) is 0 Å². The number of nitrogens with zero attached hydrogens (tertiary/aromatic N) is 2. The standard InChI is InChI=1S/C35H58N2/c1-3-5-7-9-11-12-13-14-15-16-17-19-21-23-25-33-30-36-35(37-31-33)34-28-26-32(27-29-34)24-22-20-18-10-8-6-4-2/h26-31H,3-25H2,1-2H3. The summed E-state index contributed by atoms with van der Waals surface area (Å²) in [6.07, 6.45) is 35.7. The normalized spacial score (nSPS) is 11.3. The van der Waals surface area contributed by atoms with Crippen LogP contribution in [0.5, 0.6) is 0 Å². The highest BCUT2D eigenvalue weighted by Crippen LogP contribution is 2.18. The van der Waals surface area contributed by atoms with Crippen LogP contribution >= 0.6 is 0 Å². The first-order chi connectivity index (χ1) is 18.3. The van der Waals surface area contributed by atoms with Crippen molar-refractivity contribution in [3.8, 4) is 11.4 Å². The molecule has 0 N–H and O–H groups in total. The maximum absolute atomic E-state index is 4.66. The first-order valence-electron chi connectivity index (χ1n) is 16.2. The fourth-order valence-corrected chi connectivity index (χ4v) is 5.26. The Morgan fingerprint density at radius 1 is 0.405 bits per heavy atom. The van der Waals surface area contributed by atoms with E-state index in [1.54, 1.807) is 0 Å². The number of benzene rings is 1. The van der Waals surface area contributed by atoms with Crippen molar-refractivity contribution in [2.24, 2.45) is 0 Å². The highest BCUT2D eigenvalue weighted by molar-refractivity contribution is 5.55. The van der Waals surface area contributed by atoms with Crippen LogP contribution in [0.25, 0.3) is 11.4 Å². The summed E-state index contributed by atoms with van der Waals surface area (Å²) in [6.45, 7) is 4.58. The number of hydrogen-bond acceptors (Lipinski definition) is 2. The Balaban J connectivity index is 1.49. The third kappa shape index (κ3) is 16.0. The molecule has 37 heavy (non-hydrogen) atoms. The molecule has 0 unspecified atom stereocenters. The summed E-state index contributed by atoms with van der Waals surface area (Å²) in [4.78, 5) is 9.33. The molecule has 1 heterocycles. The molecular weight excluding hydrogens is 448 g/mol. The van der Waals surface area contributed by atoms with Crippen molar-refractivity contribution in [1.82, 2.24) is 9.97 Å². The number of aromatic nitrogens is 2. The van der Waals surface area contributed by atoms with E-state index >= 15 is 0 Å². The van der Waals surface area contributed by atoms with Gasteiger partial charge < -0.3 is 0 Å². The molecule has 0 fully saturated rings. The van der Waals surface area contributed by atoms with Crippen molar-refractivity contribution in [3.05, 3.63) is 47.8 Å². The van der Waals surface area contributed by atoms with E-state index in [0.717, 1.165) is 17.8 Å². The quantitative estimate of drug-likeness (QED) is 0.132. The van der Waals surface area contributed by atoms with Crippen LogP contribution in [0.4, 0.5) is 0 Å². The van der Waals surface area contributed by atoms with Crippen molar-refractivity contribution >= 4 is 0 Å². The molecule has 0 bridgehead atoms. The molecule has 0 spiro atoms. The third-order valence-electron chi connectivity index (χ3n) is 7.81. The fourth-order valence-electron chi connectivity index (χ4n) is 5.26. The molecule has 0 aliphatic heterocycles. The second kappa shape index (κ2) is 22.3. The lowest BCUT2D eigenvalue weighted by Gasteiger charge is -2.06. The summed E-state index contributed by atoms with van der Waals surface area (Å²) in [6, 6.07) is 8.91. The number of unbranched alkanes of at least 4 members (excludes halogenated alkanes) is 19. The van der Waals surface area contributed by atoms with Crippen molar-refractivity contribution in [2.45, 2.75) is 162 Å². The van der Waals surface area contributed by atoms with Gasteiger partial charge in [0.25, 0.3) is 0 Å². The third-order valence-corrected chi connectivity index (χ3v) is 7.81. The molecule has 0 saturated heterocycles. The Labute approximate surface area is 230 Å². The van der Waals surface area contributed by atoms with Crippen molar-refractivity contribution in [2.75, 3.05) is 0 Å². The van der Waals surface area contributed by atoms with E-state index in [4.69, 9.17) is 0 Å². The molecule has 0 saturated carbocycles. The minimum absolute atomic E-state index is 0.854. The lowest BCUT2D eigenvalue weighted by atomic mass is 10.0. The van der Waals surface area contributed by atoms with Crippen molar-refractivity contribution < 1.29 is 0 Å². The Morgan fingerprint density at radius 3 is 1.16 bits per heavy atom. The predicted octanol–water partition coefficient (Wildman–Crippen LogP) is 11.5. The van der Waals surface area contributed by atoms with Gasteiger partial charge in [0.15, 0.2) is 5.82 Å². The van der Waals surface area contributed by atoms with E-state index in [2.05, 4.69) is 48.1 Å². The van der Waals surface area contributed by atoms with E-state index in [1.807, 2.05) is 12.4 Å². The highest BCUT2D eigenvalue weighted by Gasteiger charge is 2.03. The Kier molecular flexibility index (Phi) is 19.0. The summed E-state index contributed by atoms with van der Waals surface area (Å²) in [5.74, 6) is 0.854. The van der Waals surface area contributed by atoms with Crippen LogP contribution in [0.1, 0.15) is 160 Å². The second-order valence-corrected chi connectivity index (χ2v) is 11.3. The van der Waals surface area contributed by atoms with Gasteiger partial charge in [-0.2, -0.15) is 0 Å². The minimum Gasteiger partial charge on any atom is -0.236 e. The monoisotopic (exact) mass is 506 g/mol. The molecule has 208 valence electrons. The zero-order valence-corrected chi connectivity index (χ0v) is 24.6. The molecule has 0 amide bonds. The Bertz CT molecular complexity index is 750. The van der Waals surface area contributed by atoms with Crippen LogP contribution in [0.2, 0.25) is 0 Å². The fraction of sp³-hybridized carbons (Fsp3) is 0.714. The average Bonchev–Trinajstić information content (AvgIpc) is 2.93. The van der Waals surface area contributed by atoms with Gasteiger partial charge in [0, 0.05) is 18.0 Å². The summed E-state index contributed by atoms with van der Waals surface area (Å²) in [7, 11) is 0. The van der Waals surface area contributed by atoms with Gasteiger partial charge in [0.2, 0.25) is 0 Å². The van der Waals surface area contributed by atoms with Crippen LogP contribution in [0.15, 0.2) is 36.7 Å². The maximum atomic E-state index is 4.66. The molecule has 1 aromatic carbocycles. The molecule has 0 radical (unpaired) electrons. The van der Waals surface area contributed by atoms with Gasteiger partial charge in [0.1, 0.15) is 0 Å². The molecule has 2 heteroatoms. The van der Waals surface area contributed by atoms with Gasteiger partial charge in [-0.25, -0.2) is 9.97 Å². The molecule has 0 aliphatic carbocycles. The minimum atomic E-state index is 0.854. The molecule has 0 atom stereocenters. The predicted molar refractivity (Wildman–Crippen MR) is 163 cm³/mol. The largest absolute Gasteiger partial charge is 0.236 e. The second-order valence-electron chi connectivity index (χ2n) is 11.3. The van der Waals surface area contributed by atoms with Gasteiger partial charge >= 0.3 is 0 Å². The van der Waals surface area contributed by atoms with Gasteiger partial charge in [-0.05, 0) is 36.8 Å². The maximum Gasteiger partial charge on any atom is 0.159 e. The SMILES string of the molecule is CCCCCCCCCCCCCCCCc1cnc(-c2ccc(CCCCCCCCC)cc2)nc1. The van der Waals surface area contributed by atoms with Gasteiger partial charge in [-0.3, -0.25) is 0 Å². The zero-order chi connectivity index (χ0) is 26.2. The van der Waals surface area contributed by atoms with E-state index < -0.39 is 0 Å². The number of hydrogen-bond donors (Lipinski definition) is 0. The lowest BCUT2D eigenvalue weighted by Crippen LogP contribution is -1.94. The van der Waals surface area contributed by atoms with Crippen LogP contribution < -0.4 is 0 Å². The summed E-state index contributed by atoms with van der Waals surface area (Å²) in [5.41, 5.74) is 3.84. The smallest absolute Gasteiger partial charge is 0.159 e. The summed E-state index contributed by atoms with van der Waals surface area (Å²) in [5, 5.41) is 0.